The first-order valence-corrected chi connectivity index (χ1v) is 7.21. The molecule has 5 heteroatoms. The molecule has 1 aromatic carbocycles. The summed E-state index contributed by atoms with van der Waals surface area (Å²) in [6, 6.07) is 10.00. The molecule has 1 aliphatic heterocycles. The van der Waals surface area contributed by atoms with Gasteiger partial charge in [-0.1, -0.05) is 12.1 Å². The van der Waals surface area contributed by atoms with Crippen molar-refractivity contribution in [1.29, 1.82) is 0 Å². The molecule has 21 heavy (non-hydrogen) atoms. The van der Waals surface area contributed by atoms with Crippen molar-refractivity contribution in [3.05, 3.63) is 42.2 Å². The van der Waals surface area contributed by atoms with Gasteiger partial charge < -0.3 is 9.80 Å². The Kier molecular flexibility index (Phi) is 3.41. The number of hydrogen-bond acceptors (Lipinski definition) is 3. The van der Waals surface area contributed by atoms with Gasteiger partial charge in [-0.25, -0.2) is 0 Å². The van der Waals surface area contributed by atoms with Crippen LogP contribution in [0.15, 0.2) is 36.5 Å². The SMILES string of the molecule is C[C@@H]1CCN(C)c2ccccc2N1C(=O)c1ccnn1C. The second-order valence-electron chi connectivity index (χ2n) is 5.56. The summed E-state index contributed by atoms with van der Waals surface area (Å²) in [4.78, 5) is 17.1. The molecule has 2 heterocycles. The van der Waals surface area contributed by atoms with Crippen molar-refractivity contribution >= 4 is 17.3 Å². The van der Waals surface area contributed by atoms with Gasteiger partial charge in [0.05, 0.1) is 11.4 Å². The fraction of sp³-hybridized carbons (Fsp3) is 0.375. The van der Waals surface area contributed by atoms with Gasteiger partial charge in [-0.05, 0) is 31.5 Å². The number of carbonyl (C=O) groups excluding carboxylic acids is 1. The zero-order valence-corrected chi connectivity index (χ0v) is 12.7. The van der Waals surface area contributed by atoms with E-state index in [0.29, 0.717) is 5.69 Å². The largest absolute Gasteiger partial charge is 0.373 e. The number of amides is 1. The second-order valence-corrected chi connectivity index (χ2v) is 5.56. The minimum Gasteiger partial charge on any atom is -0.373 e. The van der Waals surface area contributed by atoms with Crippen LogP contribution < -0.4 is 9.80 Å². The van der Waals surface area contributed by atoms with Crippen LogP contribution in [-0.4, -0.2) is 35.3 Å². The van der Waals surface area contributed by atoms with Gasteiger partial charge in [-0.3, -0.25) is 9.48 Å². The number of hydrogen-bond donors (Lipinski definition) is 0. The Bertz CT molecular complexity index is 664. The normalized spacial score (nSPS) is 18.3. The van der Waals surface area contributed by atoms with E-state index in [0.717, 1.165) is 24.3 Å². The molecule has 0 radical (unpaired) electrons. The third-order valence-electron chi connectivity index (χ3n) is 4.13. The van der Waals surface area contributed by atoms with Gasteiger partial charge in [0, 0.05) is 32.9 Å². The number of rotatable bonds is 1. The molecule has 0 bridgehead atoms. The van der Waals surface area contributed by atoms with Crippen molar-refractivity contribution in [3.8, 4) is 0 Å². The third kappa shape index (κ3) is 2.28. The van der Waals surface area contributed by atoms with E-state index < -0.39 is 0 Å². The molecule has 3 rings (SSSR count). The summed E-state index contributed by atoms with van der Waals surface area (Å²) < 4.78 is 1.63. The highest BCUT2D eigenvalue weighted by molar-refractivity contribution is 6.07. The van der Waals surface area contributed by atoms with E-state index in [4.69, 9.17) is 0 Å². The first kappa shape index (κ1) is 13.7. The molecule has 0 aliphatic carbocycles. The smallest absolute Gasteiger partial charge is 0.276 e. The fourth-order valence-electron chi connectivity index (χ4n) is 2.87. The number of aromatic nitrogens is 2. The highest BCUT2D eigenvalue weighted by Crippen LogP contribution is 2.34. The van der Waals surface area contributed by atoms with Crippen molar-refractivity contribution in [2.24, 2.45) is 7.05 Å². The maximum Gasteiger partial charge on any atom is 0.276 e. The number of anilines is 2. The van der Waals surface area contributed by atoms with Crippen molar-refractivity contribution in [1.82, 2.24) is 9.78 Å². The molecule has 5 nitrogen and oxygen atoms in total. The van der Waals surface area contributed by atoms with Gasteiger partial charge in [0.2, 0.25) is 0 Å². The van der Waals surface area contributed by atoms with Crippen LogP contribution in [0, 0.1) is 0 Å². The molecule has 2 aromatic rings. The molecule has 0 saturated carbocycles. The maximum absolute atomic E-state index is 13.0. The van der Waals surface area contributed by atoms with Crippen LogP contribution in [0.25, 0.3) is 0 Å². The van der Waals surface area contributed by atoms with Crippen LogP contribution in [0.5, 0.6) is 0 Å². The molecule has 1 amide bonds. The topological polar surface area (TPSA) is 41.4 Å². The Hall–Kier alpha value is -2.30. The molecule has 0 saturated heterocycles. The van der Waals surface area contributed by atoms with Crippen molar-refractivity contribution in [2.45, 2.75) is 19.4 Å². The molecule has 1 atom stereocenters. The van der Waals surface area contributed by atoms with Crippen LogP contribution in [0.4, 0.5) is 11.4 Å². The minimum atomic E-state index is 0.00486. The highest BCUT2D eigenvalue weighted by Gasteiger charge is 2.30. The van der Waals surface area contributed by atoms with Gasteiger partial charge in [0.25, 0.3) is 5.91 Å². The summed E-state index contributed by atoms with van der Waals surface area (Å²) in [5.41, 5.74) is 2.68. The Labute approximate surface area is 124 Å². The number of fused-ring (bicyclic) bond motifs is 1. The maximum atomic E-state index is 13.0. The Balaban J connectivity index is 2.09. The number of nitrogens with zero attached hydrogens (tertiary/aromatic N) is 4. The lowest BCUT2D eigenvalue weighted by Crippen LogP contribution is -2.39. The number of benzene rings is 1. The quantitative estimate of drug-likeness (QED) is 0.807. The fourth-order valence-corrected chi connectivity index (χ4v) is 2.87. The third-order valence-corrected chi connectivity index (χ3v) is 4.13. The molecule has 0 N–H and O–H groups in total. The van der Waals surface area contributed by atoms with E-state index in [1.54, 1.807) is 24.0 Å². The Morgan fingerprint density at radius 2 is 1.90 bits per heavy atom. The van der Waals surface area contributed by atoms with Gasteiger partial charge in [0.15, 0.2) is 0 Å². The number of carbonyl (C=O) groups is 1. The average molecular weight is 284 g/mol. The standard InChI is InChI=1S/C16H20N4O/c1-12-9-11-18(2)13-6-4-5-7-14(13)20(12)16(21)15-8-10-17-19(15)3/h4-8,10,12H,9,11H2,1-3H3/t12-/m1/s1. The van der Waals surface area contributed by atoms with Crippen LogP contribution in [-0.2, 0) is 7.05 Å². The van der Waals surface area contributed by atoms with Crippen molar-refractivity contribution in [2.75, 3.05) is 23.4 Å². The predicted octanol–water partition coefficient (Wildman–Crippen LogP) is 2.30. The van der Waals surface area contributed by atoms with Crippen LogP contribution in [0.1, 0.15) is 23.8 Å². The van der Waals surface area contributed by atoms with Gasteiger partial charge in [0.1, 0.15) is 5.69 Å². The van der Waals surface area contributed by atoms with Crippen molar-refractivity contribution < 1.29 is 4.79 Å². The van der Waals surface area contributed by atoms with Gasteiger partial charge >= 0.3 is 0 Å². The number of aryl methyl sites for hydroxylation is 1. The van der Waals surface area contributed by atoms with Gasteiger partial charge in [-0.15, -0.1) is 0 Å². The lowest BCUT2D eigenvalue weighted by Gasteiger charge is -2.28. The molecule has 0 spiro atoms. The lowest BCUT2D eigenvalue weighted by atomic mass is 10.1. The van der Waals surface area contributed by atoms with E-state index in [2.05, 4.69) is 30.0 Å². The van der Waals surface area contributed by atoms with E-state index in [1.165, 1.54) is 0 Å². The molecule has 110 valence electrons. The molecule has 1 aromatic heterocycles. The highest BCUT2D eigenvalue weighted by atomic mass is 16.2. The van der Waals surface area contributed by atoms with E-state index in [9.17, 15) is 4.79 Å². The van der Waals surface area contributed by atoms with Crippen molar-refractivity contribution in [3.63, 3.8) is 0 Å². The minimum absolute atomic E-state index is 0.00486. The average Bonchev–Trinajstić information content (AvgIpc) is 2.86. The summed E-state index contributed by atoms with van der Waals surface area (Å²) in [6.45, 7) is 3.04. The monoisotopic (exact) mass is 284 g/mol. The zero-order chi connectivity index (χ0) is 15.0. The number of para-hydroxylation sites is 2. The summed E-state index contributed by atoms with van der Waals surface area (Å²) in [7, 11) is 3.87. The molecule has 0 fully saturated rings. The first-order valence-electron chi connectivity index (χ1n) is 7.21. The summed E-state index contributed by atoms with van der Waals surface area (Å²) >= 11 is 0. The van der Waals surface area contributed by atoms with E-state index >= 15 is 0 Å². The predicted molar refractivity (Wildman–Crippen MR) is 83.8 cm³/mol. The van der Waals surface area contributed by atoms with Crippen LogP contribution >= 0.6 is 0 Å². The summed E-state index contributed by atoms with van der Waals surface area (Å²) in [6.07, 6.45) is 2.60. The molecular weight excluding hydrogens is 264 g/mol. The Morgan fingerprint density at radius 1 is 1.19 bits per heavy atom. The lowest BCUT2D eigenvalue weighted by molar-refractivity contribution is 0.0969. The molecule has 0 unspecified atom stereocenters. The van der Waals surface area contributed by atoms with Gasteiger partial charge in [-0.2, -0.15) is 5.10 Å². The first-order chi connectivity index (χ1) is 10.1. The van der Waals surface area contributed by atoms with E-state index in [1.807, 2.05) is 23.1 Å². The summed E-state index contributed by atoms with van der Waals surface area (Å²) in [5, 5.41) is 4.11. The second kappa shape index (κ2) is 5.24. The molecular formula is C16H20N4O. The Morgan fingerprint density at radius 3 is 2.57 bits per heavy atom. The molecule has 1 aliphatic rings. The van der Waals surface area contributed by atoms with Crippen LogP contribution in [0.3, 0.4) is 0 Å². The summed E-state index contributed by atoms with van der Waals surface area (Å²) in [5.74, 6) is 0.00486. The van der Waals surface area contributed by atoms with E-state index in [-0.39, 0.29) is 11.9 Å². The van der Waals surface area contributed by atoms with Crippen LogP contribution in [0.2, 0.25) is 0 Å². The zero-order valence-electron chi connectivity index (χ0n) is 12.7.